The van der Waals surface area contributed by atoms with Gasteiger partial charge in [0, 0.05) is 0 Å². The molecule has 0 aliphatic rings. The third-order valence-electron chi connectivity index (χ3n) is 7.23. The van der Waals surface area contributed by atoms with Crippen molar-refractivity contribution >= 4 is 0 Å². The number of hydrogen-bond acceptors (Lipinski definition) is 1. The van der Waals surface area contributed by atoms with Crippen molar-refractivity contribution in [2.75, 3.05) is 13.1 Å². The summed E-state index contributed by atoms with van der Waals surface area (Å²) in [5.41, 5.74) is 0. The smallest absolute Gasteiger partial charge is 0.00204 e. The lowest BCUT2D eigenvalue weighted by molar-refractivity contribution is 0.342. The first-order valence-corrected chi connectivity index (χ1v) is 15.0. The van der Waals surface area contributed by atoms with Crippen LogP contribution in [0.3, 0.4) is 0 Å². The molecule has 1 nitrogen and oxygen atoms in total. The average molecular weight is 438 g/mol. The highest BCUT2D eigenvalue weighted by Crippen LogP contribution is 2.20. The molecule has 0 aliphatic heterocycles. The van der Waals surface area contributed by atoms with Gasteiger partial charge >= 0.3 is 0 Å². The van der Waals surface area contributed by atoms with Crippen LogP contribution >= 0.6 is 0 Å². The van der Waals surface area contributed by atoms with E-state index in [9.17, 15) is 0 Å². The maximum atomic E-state index is 3.97. The molecule has 0 aliphatic carbocycles. The van der Waals surface area contributed by atoms with Crippen molar-refractivity contribution in [3.63, 3.8) is 0 Å². The molecular weight excluding hydrogens is 374 g/mol. The Morgan fingerprint density at radius 1 is 0.355 bits per heavy atom. The fraction of sp³-hybridized carbons (Fsp3) is 1.00. The summed E-state index contributed by atoms with van der Waals surface area (Å²) in [4.78, 5) is 0. The summed E-state index contributed by atoms with van der Waals surface area (Å²) in [5, 5.41) is 3.97. The minimum absolute atomic E-state index is 0.920. The number of rotatable bonds is 26. The van der Waals surface area contributed by atoms with Crippen LogP contribution in [0.25, 0.3) is 0 Å². The Bertz CT molecular complexity index is 302. The van der Waals surface area contributed by atoms with Crippen molar-refractivity contribution < 1.29 is 0 Å². The summed E-state index contributed by atoms with van der Waals surface area (Å²) >= 11 is 0. The first-order chi connectivity index (χ1) is 15.3. The predicted octanol–water partition coefficient (Wildman–Crippen LogP) is 10.5. The van der Waals surface area contributed by atoms with E-state index in [0.29, 0.717) is 0 Å². The van der Waals surface area contributed by atoms with E-state index in [1.54, 1.807) is 0 Å². The summed E-state index contributed by atoms with van der Waals surface area (Å²) in [7, 11) is 0. The highest BCUT2D eigenvalue weighted by molar-refractivity contribution is 4.68. The molecule has 0 bridgehead atoms. The van der Waals surface area contributed by atoms with Crippen LogP contribution in [0.1, 0.15) is 169 Å². The largest absolute Gasteiger partial charge is 0.316 e. The van der Waals surface area contributed by atoms with Gasteiger partial charge in [-0.25, -0.2) is 0 Å². The predicted molar refractivity (Wildman–Crippen MR) is 144 cm³/mol. The second kappa shape index (κ2) is 26.2. The van der Waals surface area contributed by atoms with Gasteiger partial charge in [0.1, 0.15) is 0 Å². The third kappa shape index (κ3) is 22.9. The zero-order valence-corrected chi connectivity index (χ0v) is 22.6. The van der Waals surface area contributed by atoms with Gasteiger partial charge in [-0.3, -0.25) is 0 Å². The minimum Gasteiger partial charge on any atom is -0.316 e. The SMILES string of the molecule is CCCCCCCCC(CCCCCC)CNCC(CCCCCC)CCCCCC. The molecule has 0 aromatic carbocycles. The summed E-state index contributed by atoms with van der Waals surface area (Å²) < 4.78 is 0. The standard InChI is InChI=1S/C30H63N/c1-5-9-13-17-18-22-26-30(25-21-16-12-8-4)28-31-27-29(23-19-14-10-6-2)24-20-15-11-7-3/h29-31H,5-28H2,1-4H3. The van der Waals surface area contributed by atoms with Crippen molar-refractivity contribution in [2.24, 2.45) is 11.8 Å². The molecule has 1 unspecified atom stereocenters. The van der Waals surface area contributed by atoms with Crippen LogP contribution in [0.15, 0.2) is 0 Å². The molecule has 0 aromatic rings. The molecule has 0 rings (SSSR count). The van der Waals surface area contributed by atoms with Crippen molar-refractivity contribution in [2.45, 2.75) is 169 Å². The van der Waals surface area contributed by atoms with Gasteiger partial charge in [0.25, 0.3) is 0 Å². The first kappa shape index (κ1) is 31.0. The number of unbranched alkanes of at least 4 members (excludes halogenated alkanes) is 14. The fourth-order valence-corrected chi connectivity index (χ4v) is 4.98. The minimum atomic E-state index is 0.920. The molecule has 0 saturated heterocycles. The van der Waals surface area contributed by atoms with Gasteiger partial charge in [-0.15, -0.1) is 0 Å². The number of hydrogen-bond donors (Lipinski definition) is 1. The van der Waals surface area contributed by atoms with E-state index >= 15 is 0 Å². The highest BCUT2D eigenvalue weighted by Gasteiger charge is 2.12. The van der Waals surface area contributed by atoms with Crippen LogP contribution in [0, 0.1) is 11.8 Å². The van der Waals surface area contributed by atoms with E-state index < -0.39 is 0 Å². The van der Waals surface area contributed by atoms with E-state index in [1.165, 1.54) is 154 Å². The Hall–Kier alpha value is -0.0400. The van der Waals surface area contributed by atoms with Crippen LogP contribution < -0.4 is 5.32 Å². The lowest BCUT2D eigenvalue weighted by Crippen LogP contribution is -2.28. The second-order valence-electron chi connectivity index (χ2n) is 10.5. The van der Waals surface area contributed by atoms with E-state index in [2.05, 4.69) is 33.0 Å². The van der Waals surface area contributed by atoms with Gasteiger partial charge in [0.15, 0.2) is 0 Å². The normalized spacial score (nSPS) is 12.7. The Balaban J connectivity index is 4.28. The lowest BCUT2D eigenvalue weighted by atomic mass is 9.92. The van der Waals surface area contributed by atoms with Gasteiger partial charge in [-0.1, -0.05) is 143 Å². The van der Waals surface area contributed by atoms with Gasteiger partial charge in [-0.05, 0) is 50.6 Å². The van der Waals surface area contributed by atoms with Gasteiger partial charge < -0.3 is 5.32 Å². The molecule has 31 heavy (non-hydrogen) atoms. The van der Waals surface area contributed by atoms with Crippen molar-refractivity contribution in [3.05, 3.63) is 0 Å². The van der Waals surface area contributed by atoms with E-state index in [1.807, 2.05) is 0 Å². The Morgan fingerprint density at radius 3 is 0.935 bits per heavy atom. The van der Waals surface area contributed by atoms with Crippen molar-refractivity contribution in [1.29, 1.82) is 0 Å². The molecule has 0 fully saturated rings. The maximum Gasteiger partial charge on any atom is -0.00204 e. The summed E-state index contributed by atoms with van der Waals surface area (Å²) in [5.74, 6) is 1.84. The Morgan fingerprint density at radius 2 is 0.613 bits per heavy atom. The van der Waals surface area contributed by atoms with Gasteiger partial charge in [0.2, 0.25) is 0 Å². The van der Waals surface area contributed by atoms with E-state index in [-0.39, 0.29) is 0 Å². The van der Waals surface area contributed by atoms with Crippen LogP contribution in [-0.2, 0) is 0 Å². The van der Waals surface area contributed by atoms with Crippen LogP contribution in [0.2, 0.25) is 0 Å². The molecule has 1 N–H and O–H groups in total. The molecule has 0 amide bonds. The van der Waals surface area contributed by atoms with Crippen molar-refractivity contribution in [1.82, 2.24) is 5.32 Å². The Labute approximate surface area is 199 Å². The van der Waals surface area contributed by atoms with Gasteiger partial charge in [0.05, 0.1) is 0 Å². The second-order valence-corrected chi connectivity index (χ2v) is 10.5. The fourth-order valence-electron chi connectivity index (χ4n) is 4.98. The quantitative estimate of drug-likeness (QED) is 0.133. The van der Waals surface area contributed by atoms with E-state index in [0.717, 1.165) is 11.8 Å². The zero-order valence-electron chi connectivity index (χ0n) is 22.6. The lowest BCUT2D eigenvalue weighted by Gasteiger charge is -2.22. The molecule has 0 saturated carbocycles. The molecular formula is C30H63N. The molecule has 0 aromatic heterocycles. The van der Waals surface area contributed by atoms with E-state index in [4.69, 9.17) is 0 Å². The first-order valence-electron chi connectivity index (χ1n) is 15.0. The average Bonchev–Trinajstić information content (AvgIpc) is 2.78. The molecule has 1 atom stereocenters. The molecule has 0 heterocycles. The maximum absolute atomic E-state index is 3.97. The highest BCUT2D eigenvalue weighted by atomic mass is 14.9. The topological polar surface area (TPSA) is 12.0 Å². The van der Waals surface area contributed by atoms with Crippen LogP contribution in [0.5, 0.6) is 0 Å². The zero-order chi connectivity index (χ0) is 22.8. The monoisotopic (exact) mass is 437 g/mol. The summed E-state index contributed by atoms with van der Waals surface area (Å²) in [6, 6.07) is 0. The van der Waals surface area contributed by atoms with Crippen LogP contribution in [0.4, 0.5) is 0 Å². The third-order valence-corrected chi connectivity index (χ3v) is 7.23. The van der Waals surface area contributed by atoms with Crippen molar-refractivity contribution in [3.8, 4) is 0 Å². The summed E-state index contributed by atoms with van der Waals surface area (Å²) in [6.45, 7) is 11.9. The number of nitrogens with one attached hydrogen (secondary N) is 1. The Kier molecular flexibility index (Phi) is 26.2. The molecule has 188 valence electrons. The summed E-state index contributed by atoms with van der Waals surface area (Å²) in [6.07, 6.45) is 31.5. The molecule has 0 radical (unpaired) electrons. The molecule has 0 spiro atoms. The molecule has 1 heteroatoms. The van der Waals surface area contributed by atoms with Crippen LogP contribution in [-0.4, -0.2) is 13.1 Å². The van der Waals surface area contributed by atoms with Gasteiger partial charge in [-0.2, -0.15) is 0 Å².